The second-order valence-electron chi connectivity index (χ2n) is 10.2. The topological polar surface area (TPSA) is 84.0 Å². The van der Waals surface area contributed by atoms with Crippen molar-refractivity contribution in [3.8, 4) is 5.75 Å². The largest absolute Gasteiger partial charge is 0.426 e. The maximum absolute atomic E-state index is 13.1. The zero-order valence-electron chi connectivity index (χ0n) is 21.0. The van der Waals surface area contributed by atoms with Gasteiger partial charge in [-0.3, -0.25) is 19.2 Å². The van der Waals surface area contributed by atoms with Crippen molar-refractivity contribution >= 4 is 35.1 Å². The fourth-order valence-electron chi connectivity index (χ4n) is 5.54. The van der Waals surface area contributed by atoms with Crippen molar-refractivity contribution in [3.63, 3.8) is 0 Å². The standard InChI is InChI=1S/C29H30N2O5/c1-16-8-9-21(12-18(16)3)30-15-20(14-25(30)32)29(35)36-22-10-11-24(19(4)13-22)31-27(33)23-7-5-6-17(2)26(23)28(31)34/h5-6,8-13,17,20,23,26H,7,14-15H2,1-4H3/t17-,20-,23-,26+/m1/s1. The molecule has 2 fully saturated rings. The second kappa shape index (κ2) is 9.04. The van der Waals surface area contributed by atoms with Crippen LogP contribution < -0.4 is 14.5 Å². The first kappa shape index (κ1) is 24.0. The molecule has 0 N–H and O–H groups in total. The molecule has 2 saturated heterocycles. The molecule has 0 bridgehead atoms. The number of esters is 1. The highest BCUT2D eigenvalue weighted by Gasteiger charge is 2.50. The highest BCUT2D eigenvalue weighted by Crippen LogP contribution is 2.41. The molecule has 3 amide bonds. The molecule has 0 radical (unpaired) electrons. The maximum Gasteiger partial charge on any atom is 0.316 e. The van der Waals surface area contributed by atoms with E-state index in [4.69, 9.17) is 4.74 Å². The van der Waals surface area contributed by atoms with Crippen LogP contribution in [0.1, 0.15) is 36.5 Å². The van der Waals surface area contributed by atoms with E-state index < -0.39 is 11.9 Å². The first-order chi connectivity index (χ1) is 17.2. The Morgan fingerprint density at radius 2 is 1.72 bits per heavy atom. The smallest absolute Gasteiger partial charge is 0.316 e. The van der Waals surface area contributed by atoms with Crippen molar-refractivity contribution < 1.29 is 23.9 Å². The van der Waals surface area contributed by atoms with Crippen molar-refractivity contribution in [3.05, 3.63) is 65.2 Å². The van der Waals surface area contributed by atoms with Gasteiger partial charge in [-0.2, -0.15) is 0 Å². The number of fused-ring (bicyclic) bond motifs is 1. The van der Waals surface area contributed by atoms with Crippen molar-refractivity contribution in [2.45, 2.75) is 40.5 Å². The van der Waals surface area contributed by atoms with Crippen LogP contribution in [0.25, 0.3) is 0 Å². The zero-order valence-corrected chi connectivity index (χ0v) is 21.0. The molecule has 36 heavy (non-hydrogen) atoms. The summed E-state index contributed by atoms with van der Waals surface area (Å²) in [6, 6.07) is 10.7. The van der Waals surface area contributed by atoms with E-state index in [1.54, 1.807) is 30.0 Å². The molecule has 0 aromatic heterocycles. The number of imide groups is 1. The summed E-state index contributed by atoms with van der Waals surface area (Å²) in [5, 5.41) is 0. The lowest BCUT2D eigenvalue weighted by Crippen LogP contribution is -2.32. The molecule has 186 valence electrons. The van der Waals surface area contributed by atoms with E-state index in [1.807, 2.05) is 51.1 Å². The highest BCUT2D eigenvalue weighted by atomic mass is 16.5. The second-order valence-corrected chi connectivity index (χ2v) is 10.2. The summed E-state index contributed by atoms with van der Waals surface area (Å²) in [5.41, 5.74) is 4.19. The molecule has 0 saturated carbocycles. The number of ether oxygens (including phenoxy) is 1. The Morgan fingerprint density at radius 3 is 2.42 bits per heavy atom. The third kappa shape index (κ3) is 4.02. The van der Waals surface area contributed by atoms with Gasteiger partial charge in [0.25, 0.3) is 0 Å². The van der Waals surface area contributed by atoms with E-state index in [1.165, 1.54) is 4.90 Å². The van der Waals surface area contributed by atoms with Crippen molar-refractivity contribution in [2.24, 2.45) is 23.7 Å². The van der Waals surface area contributed by atoms with Crippen LogP contribution in [-0.2, 0) is 19.2 Å². The predicted octanol–water partition coefficient (Wildman–Crippen LogP) is 4.27. The number of amides is 3. The fourth-order valence-corrected chi connectivity index (χ4v) is 5.54. The minimum atomic E-state index is -0.571. The number of carbonyl (C=O) groups excluding carboxylic acids is 4. The number of hydrogen-bond acceptors (Lipinski definition) is 5. The number of anilines is 2. The highest BCUT2D eigenvalue weighted by molar-refractivity contribution is 6.22. The van der Waals surface area contributed by atoms with Gasteiger partial charge in [0.2, 0.25) is 17.7 Å². The van der Waals surface area contributed by atoms with Gasteiger partial charge < -0.3 is 9.64 Å². The zero-order chi connectivity index (χ0) is 25.7. The van der Waals surface area contributed by atoms with Gasteiger partial charge in [-0.15, -0.1) is 0 Å². The number of carbonyl (C=O) groups is 4. The van der Waals surface area contributed by atoms with E-state index in [2.05, 4.69) is 0 Å². The number of aryl methyl sites for hydroxylation is 3. The Morgan fingerprint density at radius 1 is 0.944 bits per heavy atom. The van der Waals surface area contributed by atoms with Crippen molar-refractivity contribution in [2.75, 3.05) is 16.3 Å². The summed E-state index contributed by atoms with van der Waals surface area (Å²) >= 11 is 0. The van der Waals surface area contributed by atoms with Crippen LogP contribution in [0.5, 0.6) is 5.75 Å². The molecule has 0 unspecified atom stereocenters. The lowest BCUT2D eigenvalue weighted by molar-refractivity contribution is -0.139. The van der Waals surface area contributed by atoms with Crippen LogP contribution in [-0.4, -0.2) is 30.2 Å². The van der Waals surface area contributed by atoms with E-state index in [0.717, 1.165) is 16.8 Å². The SMILES string of the molecule is Cc1ccc(N2C[C@H](C(=O)Oc3ccc(N4C(=O)[C@H]5[C@H](C)C=CC[C@H]5C4=O)c(C)c3)CC2=O)cc1C. The van der Waals surface area contributed by atoms with Gasteiger partial charge >= 0.3 is 5.97 Å². The third-order valence-electron chi connectivity index (χ3n) is 7.76. The van der Waals surface area contributed by atoms with E-state index in [-0.39, 0.29) is 48.4 Å². The van der Waals surface area contributed by atoms with Gasteiger partial charge in [0.05, 0.1) is 23.4 Å². The lowest BCUT2D eigenvalue weighted by Gasteiger charge is -2.22. The average molecular weight is 487 g/mol. The Labute approximate surface area is 210 Å². The Kier molecular flexibility index (Phi) is 6.02. The first-order valence-corrected chi connectivity index (χ1v) is 12.4. The van der Waals surface area contributed by atoms with Gasteiger partial charge in [0.1, 0.15) is 5.75 Å². The summed E-state index contributed by atoms with van der Waals surface area (Å²) < 4.78 is 5.62. The Bertz CT molecular complexity index is 1310. The molecule has 2 aliphatic heterocycles. The van der Waals surface area contributed by atoms with Gasteiger partial charge in [-0.1, -0.05) is 25.1 Å². The summed E-state index contributed by atoms with van der Waals surface area (Å²) in [7, 11) is 0. The minimum Gasteiger partial charge on any atom is -0.426 e. The summed E-state index contributed by atoms with van der Waals surface area (Å²) in [6.07, 6.45) is 4.64. The lowest BCUT2D eigenvalue weighted by atomic mass is 9.78. The number of nitrogens with zero attached hydrogens (tertiary/aromatic N) is 2. The van der Waals surface area contributed by atoms with Gasteiger partial charge in [-0.25, -0.2) is 4.90 Å². The number of rotatable bonds is 4. The molecule has 7 heteroatoms. The summed E-state index contributed by atoms with van der Waals surface area (Å²) in [4.78, 5) is 54.6. The molecule has 1 aliphatic carbocycles. The van der Waals surface area contributed by atoms with Gasteiger partial charge in [0.15, 0.2) is 0 Å². The molecular formula is C29H30N2O5. The average Bonchev–Trinajstić information content (AvgIpc) is 3.34. The molecule has 0 spiro atoms. The molecule has 2 aromatic rings. The number of hydrogen-bond donors (Lipinski definition) is 0. The van der Waals surface area contributed by atoms with E-state index >= 15 is 0 Å². The minimum absolute atomic E-state index is 0.0169. The predicted molar refractivity (Wildman–Crippen MR) is 136 cm³/mol. The van der Waals surface area contributed by atoms with E-state index in [0.29, 0.717) is 23.4 Å². The Balaban J connectivity index is 1.29. The van der Waals surface area contributed by atoms with Crippen LogP contribution in [0.2, 0.25) is 0 Å². The van der Waals surface area contributed by atoms with Crippen LogP contribution in [0.15, 0.2) is 48.6 Å². The van der Waals surface area contributed by atoms with Gasteiger partial charge in [-0.05, 0) is 80.1 Å². The van der Waals surface area contributed by atoms with Crippen LogP contribution in [0, 0.1) is 44.4 Å². The molecular weight excluding hydrogens is 456 g/mol. The van der Waals surface area contributed by atoms with E-state index in [9.17, 15) is 19.2 Å². The number of benzene rings is 2. The summed E-state index contributed by atoms with van der Waals surface area (Å²) in [6.45, 7) is 8.03. The maximum atomic E-state index is 13.1. The third-order valence-corrected chi connectivity index (χ3v) is 7.76. The quantitative estimate of drug-likeness (QED) is 0.279. The molecule has 4 atom stereocenters. The fraction of sp³-hybridized carbons (Fsp3) is 0.379. The first-order valence-electron chi connectivity index (χ1n) is 12.4. The Hall–Kier alpha value is -3.74. The molecule has 5 rings (SSSR count). The molecule has 3 aliphatic rings. The van der Waals surface area contributed by atoms with Crippen LogP contribution in [0.3, 0.4) is 0 Å². The van der Waals surface area contributed by atoms with Crippen molar-refractivity contribution in [1.82, 2.24) is 0 Å². The van der Waals surface area contributed by atoms with Gasteiger partial charge in [0, 0.05) is 18.7 Å². The van der Waals surface area contributed by atoms with Crippen LogP contribution in [0.4, 0.5) is 11.4 Å². The van der Waals surface area contributed by atoms with Crippen molar-refractivity contribution in [1.29, 1.82) is 0 Å². The monoisotopic (exact) mass is 486 g/mol. The molecule has 2 aromatic carbocycles. The molecule has 2 heterocycles. The normalized spacial score (nSPS) is 25.5. The number of allylic oxidation sites excluding steroid dienone is 2. The molecule has 7 nitrogen and oxygen atoms in total. The summed E-state index contributed by atoms with van der Waals surface area (Å²) in [5.74, 6) is -1.82. The van der Waals surface area contributed by atoms with Crippen LogP contribution >= 0.6 is 0 Å².